The van der Waals surface area contributed by atoms with Crippen LogP contribution in [0.2, 0.25) is 0 Å². The van der Waals surface area contributed by atoms with Crippen molar-refractivity contribution in [2.45, 2.75) is 38.6 Å². The fraction of sp³-hybridized carbons (Fsp3) is 0.400. The number of aliphatic imine (C=N–C) groups is 1. The van der Waals surface area contributed by atoms with E-state index in [4.69, 9.17) is 9.73 Å². The summed E-state index contributed by atoms with van der Waals surface area (Å²) in [5.74, 6) is -0.171. The SMILES string of the molecule is CCOC(=O)C1=C(CN2CCCCC2)NC(c2ccccn2)=NC1(C)c1ccc(F)cc1. The van der Waals surface area contributed by atoms with Crippen LogP contribution in [0, 0.1) is 5.82 Å². The van der Waals surface area contributed by atoms with E-state index in [1.807, 2.05) is 25.1 Å². The summed E-state index contributed by atoms with van der Waals surface area (Å²) < 4.78 is 19.2. The molecule has 1 N–H and O–H groups in total. The second-order valence-corrected chi connectivity index (χ2v) is 8.29. The van der Waals surface area contributed by atoms with Crippen LogP contribution < -0.4 is 5.32 Å². The number of ether oxygens (including phenoxy) is 1. The van der Waals surface area contributed by atoms with Gasteiger partial charge in [0.15, 0.2) is 5.84 Å². The first kappa shape index (κ1) is 22.1. The molecule has 0 saturated carbocycles. The van der Waals surface area contributed by atoms with E-state index in [0.717, 1.165) is 31.6 Å². The first-order valence-corrected chi connectivity index (χ1v) is 11.2. The highest BCUT2D eigenvalue weighted by Gasteiger charge is 2.42. The number of carbonyl (C=O) groups is 1. The van der Waals surface area contributed by atoms with Crippen LogP contribution in [-0.2, 0) is 15.1 Å². The third kappa shape index (κ3) is 4.58. The largest absolute Gasteiger partial charge is 0.463 e. The standard InChI is InChI=1S/C25H29FN4O2/c1-3-32-24(31)22-21(17-30-15-7-4-8-16-30)28-23(20-9-5-6-14-27-20)29-25(22,2)18-10-12-19(26)13-11-18/h5-6,9-14H,3-4,7-8,15-17H2,1-2H3,(H,28,29). The zero-order valence-corrected chi connectivity index (χ0v) is 18.6. The topological polar surface area (TPSA) is 66.8 Å². The van der Waals surface area contributed by atoms with Crippen molar-refractivity contribution >= 4 is 11.8 Å². The number of hydrogen-bond acceptors (Lipinski definition) is 6. The van der Waals surface area contributed by atoms with Gasteiger partial charge >= 0.3 is 5.97 Å². The highest BCUT2D eigenvalue weighted by molar-refractivity contribution is 6.03. The lowest BCUT2D eigenvalue weighted by Gasteiger charge is -2.37. The van der Waals surface area contributed by atoms with E-state index in [-0.39, 0.29) is 12.4 Å². The molecule has 0 amide bonds. The molecule has 1 unspecified atom stereocenters. The van der Waals surface area contributed by atoms with Crippen molar-refractivity contribution in [3.05, 3.63) is 77.0 Å². The van der Waals surface area contributed by atoms with Crippen molar-refractivity contribution < 1.29 is 13.9 Å². The summed E-state index contributed by atoms with van der Waals surface area (Å²) in [5.41, 5.74) is 1.56. The van der Waals surface area contributed by atoms with Crippen LogP contribution in [0.1, 0.15) is 44.4 Å². The second-order valence-electron chi connectivity index (χ2n) is 8.29. The van der Waals surface area contributed by atoms with E-state index < -0.39 is 11.5 Å². The summed E-state index contributed by atoms with van der Waals surface area (Å²) in [6, 6.07) is 11.8. The first-order valence-electron chi connectivity index (χ1n) is 11.2. The van der Waals surface area contributed by atoms with Gasteiger partial charge in [-0.25, -0.2) is 14.2 Å². The number of aromatic nitrogens is 1. The molecule has 4 rings (SSSR count). The highest BCUT2D eigenvalue weighted by Crippen LogP contribution is 2.39. The lowest BCUT2D eigenvalue weighted by molar-refractivity contribution is -0.139. The molecule has 168 valence electrons. The maximum atomic E-state index is 13.7. The smallest absolute Gasteiger partial charge is 0.338 e. The number of pyridine rings is 1. The number of rotatable bonds is 6. The Morgan fingerprint density at radius 2 is 1.91 bits per heavy atom. The zero-order chi connectivity index (χ0) is 22.6. The van der Waals surface area contributed by atoms with Gasteiger partial charge in [-0.05, 0) is 69.6 Å². The molecule has 0 aliphatic carbocycles. The molecule has 2 aliphatic rings. The van der Waals surface area contributed by atoms with Crippen molar-refractivity contribution in [2.24, 2.45) is 4.99 Å². The zero-order valence-electron chi connectivity index (χ0n) is 18.6. The van der Waals surface area contributed by atoms with E-state index in [2.05, 4.69) is 15.2 Å². The minimum atomic E-state index is -1.05. The molecule has 1 atom stereocenters. The molecule has 3 heterocycles. The van der Waals surface area contributed by atoms with Gasteiger partial charge in [0.25, 0.3) is 0 Å². The summed E-state index contributed by atoms with van der Waals surface area (Å²) in [6.45, 7) is 6.46. The van der Waals surface area contributed by atoms with Crippen LogP contribution in [0.5, 0.6) is 0 Å². The molecule has 1 fully saturated rings. The van der Waals surface area contributed by atoms with Crippen molar-refractivity contribution in [3.8, 4) is 0 Å². The number of hydrogen-bond donors (Lipinski definition) is 1. The van der Waals surface area contributed by atoms with Gasteiger partial charge < -0.3 is 10.1 Å². The lowest BCUT2D eigenvalue weighted by Crippen LogP contribution is -2.45. The predicted molar refractivity (Wildman–Crippen MR) is 122 cm³/mol. The number of nitrogens with one attached hydrogen (secondary N) is 1. The van der Waals surface area contributed by atoms with E-state index >= 15 is 0 Å². The monoisotopic (exact) mass is 436 g/mol. The molecule has 2 aliphatic heterocycles. The van der Waals surface area contributed by atoms with Crippen molar-refractivity contribution in [1.29, 1.82) is 0 Å². The van der Waals surface area contributed by atoms with Gasteiger partial charge in [0.05, 0.1) is 12.2 Å². The van der Waals surface area contributed by atoms with Crippen molar-refractivity contribution in [3.63, 3.8) is 0 Å². The summed E-state index contributed by atoms with van der Waals surface area (Å²) in [4.78, 5) is 25.0. The summed E-state index contributed by atoms with van der Waals surface area (Å²) in [6.07, 6.45) is 5.21. The Balaban J connectivity index is 1.85. The summed E-state index contributed by atoms with van der Waals surface area (Å²) in [7, 11) is 0. The third-order valence-corrected chi connectivity index (χ3v) is 6.02. The average molecular weight is 437 g/mol. The van der Waals surface area contributed by atoms with Gasteiger partial charge in [0, 0.05) is 18.4 Å². The van der Waals surface area contributed by atoms with Crippen molar-refractivity contribution in [1.82, 2.24) is 15.2 Å². The van der Waals surface area contributed by atoms with E-state index in [0.29, 0.717) is 29.2 Å². The van der Waals surface area contributed by atoms with Crippen LogP contribution in [0.25, 0.3) is 0 Å². The molecule has 1 aromatic carbocycles. The molecule has 0 bridgehead atoms. The number of benzene rings is 1. The molecule has 1 aromatic heterocycles. The molecular formula is C25H29FN4O2. The Morgan fingerprint density at radius 3 is 2.56 bits per heavy atom. The van der Waals surface area contributed by atoms with E-state index in [1.54, 1.807) is 25.3 Å². The quantitative estimate of drug-likeness (QED) is 0.698. The average Bonchev–Trinajstić information content (AvgIpc) is 2.80. The fourth-order valence-corrected chi connectivity index (χ4v) is 4.40. The maximum Gasteiger partial charge on any atom is 0.338 e. The van der Waals surface area contributed by atoms with Crippen LogP contribution in [0.4, 0.5) is 4.39 Å². The number of nitrogens with zero attached hydrogens (tertiary/aromatic N) is 3. The molecule has 0 radical (unpaired) electrons. The number of likely N-dealkylation sites (tertiary alicyclic amines) is 1. The Hall–Kier alpha value is -3.06. The Labute approximate surface area is 188 Å². The number of carbonyl (C=O) groups excluding carboxylic acids is 1. The van der Waals surface area contributed by atoms with Gasteiger partial charge in [0.1, 0.15) is 17.1 Å². The van der Waals surface area contributed by atoms with Crippen LogP contribution in [-0.4, -0.2) is 47.9 Å². The summed E-state index contributed by atoms with van der Waals surface area (Å²) in [5, 5.41) is 3.39. The Kier molecular flexibility index (Phi) is 6.65. The lowest BCUT2D eigenvalue weighted by atomic mass is 9.82. The van der Waals surface area contributed by atoms with Gasteiger partial charge in [-0.1, -0.05) is 24.6 Å². The third-order valence-electron chi connectivity index (χ3n) is 6.02. The Bertz CT molecular complexity index is 1010. The summed E-state index contributed by atoms with van der Waals surface area (Å²) >= 11 is 0. The van der Waals surface area contributed by atoms with Crippen LogP contribution >= 0.6 is 0 Å². The van der Waals surface area contributed by atoms with Crippen molar-refractivity contribution in [2.75, 3.05) is 26.2 Å². The normalized spacial score (nSPS) is 21.7. The Morgan fingerprint density at radius 1 is 1.16 bits per heavy atom. The maximum absolute atomic E-state index is 13.7. The van der Waals surface area contributed by atoms with Gasteiger partial charge in [0.2, 0.25) is 0 Å². The van der Waals surface area contributed by atoms with Gasteiger partial charge in [-0.15, -0.1) is 0 Å². The predicted octanol–water partition coefficient (Wildman–Crippen LogP) is 3.79. The molecular weight excluding hydrogens is 407 g/mol. The number of halogens is 1. The number of amidine groups is 1. The molecule has 2 aromatic rings. The molecule has 32 heavy (non-hydrogen) atoms. The van der Waals surface area contributed by atoms with Crippen LogP contribution in [0.3, 0.4) is 0 Å². The minimum Gasteiger partial charge on any atom is -0.463 e. The van der Waals surface area contributed by atoms with Gasteiger partial charge in [-0.2, -0.15) is 0 Å². The second kappa shape index (κ2) is 9.61. The highest BCUT2D eigenvalue weighted by atomic mass is 19.1. The first-order chi connectivity index (χ1) is 15.5. The van der Waals surface area contributed by atoms with Gasteiger partial charge in [-0.3, -0.25) is 9.88 Å². The van der Waals surface area contributed by atoms with Crippen LogP contribution in [0.15, 0.2) is 64.9 Å². The minimum absolute atomic E-state index is 0.260. The molecule has 1 saturated heterocycles. The fourth-order valence-electron chi connectivity index (χ4n) is 4.40. The van der Waals surface area contributed by atoms with E-state index in [9.17, 15) is 9.18 Å². The molecule has 6 nitrogen and oxygen atoms in total. The number of piperidine rings is 1. The van der Waals surface area contributed by atoms with E-state index in [1.165, 1.54) is 18.6 Å². The number of esters is 1. The molecule has 7 heteroatoms. The molecule has 0 spiro atoms.